The van der Waals surface area contributed by atoms with Gasteiger partial charge in [0.15, 0.2) is 0 Å². The molecule has 1 aliphatic heterocycles. The van der Waals surface area contributed by atoms with Gasteiger partial charge in [0.25, 0.3) is 5.91 Å². The second-order valence-electron chi connectivity index (χ2n) is 10.4. The molecule has 2 amide bonds. The molecule has 0 spiro atoms. The predicted molar refractivity (Wildman–Crippen MR) is 174 cm³/mol. The quantitative estimate of drug-likeness (QED) is 0.178. The van der Waals surface area contributed by atoms with Gasteiger partial charge < -0.3 is 31.1 Å². The number of nitrogens with zero attached hydrogens (tertiary/aromatic N) is 4. The van der Waals surface area contributed by atoms with E-state index in [1.165, 1.54) is 6.20 Å². The molecule has 0 aliphatic carbocycles. The number of halogens is 1. The summed E-state index contributed by atoms with van der Waals surface area (Å²) in [4.78, 5) is 39.5. The maximum absolute atomic E-state index is 13.5. The first-order valence-electron chi connectivity index (χ1n) is 14.2. The van der Waals surface area contributed by atoms with E-state index >= 15 is 0 Å². The lowest BCUT2D eigenvalue weighted by molar-refractivity contribution is -0.115. The Kier molecular flexibility index (Phi) is 9.38. The number of benzene rings is 3. The first-order valence-corrected chi connectivity index (χ1v) is 14.6. The molecule has 1 saturated heterocycles. The monoisotopic (exact) mass is 598 g/mol. The second-order valence-corrected chi connectivity index (χ2v) is 10.8. The van der Waals surface area contributed by atoms with Crippen molar-refractivity contribution in [1.82, 2.24) is 14.9 Å². The van der Waals surface area contributed by atoms with Crippen LogP contribution in [0.4, 0.5) is 40.2 Å². The molecule has 0 bridgehead atoms. The number of anilines is 7. The van der Waals surface area contributed by atoms with Crippen LogP contribution in [0, 0.1) is 6.92 Å². The van der Waals surface area contributed by atoms with Crippen LogP contribution in [-0.2, 0) is 4.79 Å². The SMILES string of the molecule is CCC(=O)Nc1ccccc1Nc1nc(Nc2ccc(N3CCN(C)CC3)cc2)ncc1C(=O)Nc1c(C)cccc1Cl. The zero-order chi connectivity index (χ0) is 30.3. The number of rotatable bonds is 9. The Balaban J connectivity index is 1.43. The third-order valence-corrected chi connectivity index (χ3v) is 7.58. The van der Waals surface area contributed by atoms with E-state index < -0.39 is 5.91 Å². The summed E-state index contributed by atoms with van der Waals surface area (Å²) in [5.41, 5.74) is 4.65. The molecule has 0 atom stereocenters. The Labute approximate surface area is 256 Å². The molecule has 4 aromatic rings. The largest absolute Gasteiger partial charge is 0.369 e. The summed E-state index contributed by atoms with van der Waals surface area (Å²) in [7, 11) is 2.14. The summed E-state index contributed by atoms with van der Waals surface area (Å²) in [5.74, 6) is -0.00862. The Morgan fingerprint density at radius 1 is 0.884 bits per heavy atom. The third-order valence-electron chi connectivity index (χ3n) is 7.26. The van der Waals surface area contributed by atoms with Crippen molar-refractivity contribution in [2.45, 2.75) is 20.3 Å². The van der Waals surface area contributed by atoms with E-state index in [0.29, 0.717) is 34.5 Å². The number of para-hydroxylation sites is 3. The van der Waals surface area contributed by atoms with E-state index in [2.05, 4.69) is 60.2 Å². The number of hydrogen-bond acceptors (Lipinski definition) is 8. The maximum atomic E-state index is 13.5. The fourth-order valence-corrected chi connectivity index (χ4v) is 4.96. The molecule has 10 nitrogen and oxygen atoms in total. The van der Waals surface area contributed by atoms with Crippen LogP contribution in [0.5, 0.6) is 0 Å². The molecular formula is C32H35ClN8O2. The Bertz CT molecular complexity index is 1580. The summed E-state index contributed by atoms with van der Waals surface area (Å²) in [6.45, 7) is 7.68. The van der Waals surface area contributed by atoms with E-state index in [1.807, 2.05) is 43.3 Å². The minimum absolute atomic E-state index is 0.133. The van der Waals surface area contributed by atoms with Crippen molar-refractivity contribution in [3.63, 3.8) is 0 Å². The van der Waals surface area contributed by atoms with Gasteiger partial charge in [-0.1, -0.05) is 42.8 Å². The van der Waals surface area contributed by atoms with Gasteiger partial charge >= 0.3 is 0 Å². The van der Waals surface area contributed by atoms with Crippen molar-refractivity contribution in [3.05, 3.63) is 89.1 Å². The van der Waals surface area contributed by atoms with Gasteiger partial charge in [0, 0.05) is 50.2 Å². The van der Waals surface area contributed by atoms with Crippen molar-refractivity contribution in [1.29, 1.82) is 0 Å². The molecule has 11 heteroatoms. The van der Waals surface area contributed by atoms with Crippen LogP contribution in [0.15, 0.2) is 72.9 Å². The summed E-state index contributed by atoms with van der Waals surface area (Å²) >= 11 is 6.38. The molecule has 1 aromatic heterocycles. The van der Waals surface area contributed by atoms with Gasteiger partial charge in [0.1, 0.15) is 11.4 Å². The highest BCUT2D eigenvalue weighted by atomic mass is 35.5. The predicted octanol–water partition coefficient (Wildman–Crippen LogP) is 6.28. The molecule has 2 heterocycles. The number of amides is 2. The van der Waals surface area contributed by atoms with Crippen molar-refractivity contribution in [2.24, 2.45) is 0 Å². The fourth-order valence-electron chi connectivity index (χ4n) is 4.69. The number of aromatic nitrogens is 2. The number of aryl methyl sites for hydroxylation is 1. The average Bonchev–Trinajstić information content (AvgIpc) is 3.01. The number of hydrogen-bond donors (Lipinski definition) is 4. The van der Waals surface area contributed by atoms with Gasteiger partial charge in [-0.05, 0) is 62.0 Å². The van der Waals surface area contributed by atoms with Crippen LogP contribution in [0.25, 0.3) is 0 Å². The zero-order valence-electron chi connectivity index (χ0n) is 24.4. The number of piperazine rings is 1. The fraction of sp³-hybridized carbons (Fsp3) is 0.250. The molecule has 4 N–H and O–H groups in total. The van der Waals surface area contributed by atoms with Crippen LogP contribution >= 0.6 is 11.6 Å². The average molecular weight is 599 g/mol. The summed E-state index contributed by atoms with van der Waals surface area (Å²) in [5, 5.41) is 12.7. The van der Waals surface area contributed by atoms with Gasteiger partial charge in [-0.15, -0.1) is 0 Å². The molecule has 43 heavy (non-hydrogen) atoms. The van der Waals surface area contributed by atoms with Gasteiger partial charge in [0.05, 0.1) is 22.1 Å². The van der Waals surface area contributed by atoms with Crippen molar-refractivity contribution in [2.75, 3.05) is 59.4 Å². The molecule has 0 saturated carbocycles. The lowest BCUT2D eigenvalue weighted by atomic mass is 10.2. The zero-order valence-corrected chi connectivity index (χ0v) is 25.2. The van der Waals surface area contributed by atoms with Gasteiger partial charge in [0.2, 0.25) is 11.9 Å². The van der Waals surface area contributed by atoms with E-state index in [0.717, 1.165) is 43.1 Å². The standard InChI is InChI=1S/C32H35ClN8O2/c1-4-28(42)36-26-10-5-6-11-27(26)37-30-24(31(43)38-29-21(2)8-7-9-25(29)33)20-34-32(39-30)35-22-12-14-23(15-13-22)41-18-16-40(3)17-19-41/h5-15,20H,4,16-19H2,1-3H3,(H,36,42)(H,38,43)(H2,34,35,37,39). The molecule has 5 rings (SSSR count). The molecular weight excluding hydrogens is 564 g/mol. The molecule has 0 radical (unpaired) electrons. The highest BCUT2D eigenvalue weighted by Crippen LogP contribution is 2.30. The first-order chi connectivity index (χ1) is 20.8. The Morgan fingerprint density at radius 2 is 1.60 bits per heavy atom. The summed E-state index contributed by atoms with van der Waals surface area (Å²) < 4.78 is 0. The second kappa shape index (κ2) is 13.5. The number of nitrogens with one attached hydrogen (secondary N) is 4. The van der Waals surface area contributed by atoms with Gasteiger partial charge in [-0.3, -0.25) is 9.59 Å². The lowest BCUT2D eigenvalue weighted by Crippen LogP contribution is -2.44. The molecule has 0 unspecified atom stereocenters. The van der Waals surface area contributed by atoms with E-state index in [4.69, 9.17) is 11.6 Å². The molecule has 1 aliphatic rings. The minimum Gasteiger partial charge on any atom is -0.369 e. The maximum Gasteiger partial charge on any atom is 0.261 e. The molecule has 3 aromatic carbocycles. The highest BCUT2D eigenvalue weighted by molar-refractivity contribution is 6.34. The van der Waals surface area contributed by atoms with E-state index in [1.54, 1.807) is 25.1 Å². The van der Waals surface area contributed by atoms with E-state index in [9.17, 15) is 9.59 Å². The first kappa shape index (κ1) is 29.8. The topological polar surface area (TPSA) is 115 Å². The Morgan fingerprint density at radius 3 is 2.30 bits per heavy atom. The van der Waals surface area contributed by atoms with Crippen LogP contribution in [0.1, 0.15) is 29.3 Å². The Hall–Kier alpha value is -4.67. The van der Waals surface area contributed by atoms with E-state index in [-0.39, 0.29) is 17.3 Å². The minimum atomic E-state index is -0.433. The third kappa shape index (κ3) is 7.40. The number of likely N-dealkylation sites (N-methyl/N-ethyl adjacent to an activating group) is 1. The van der Waals surface area contributed by atoms with Crippen molar-refractivity contribution < 1.29 is 9.59 Å². The van der Waals surface area contributed by atoms with Gasteiger partial charge in [-0.25, -0.2) is 4.98 Å². The number of carbonyl (C=O) groups is 2. The van der Waals surface area contributed by atoms with Crippen molar-refractivity contribution >= 4 is 63.6 Å². The summed E-state index contributed by atoms with van der Waals surface area (Å²) in [6.07, 6.45) is 1.79. The van der Waals surface area contributed by atoms with Crippen LogP contribution in [0.3, 0.4) is 0 Å². The van der Waals surface area contributed by atoms with Crippen LogP contribution < -0.4 is 26.2 Å². The van der Waals surface area contributed by atoms with Gasteiger partial charge in [-0.2, -0.15) is 4.98 Å². The van der Waals surface area contributed by atoms with Crippen LogP contribution in [-0.4, -0.2) is 59.9 Å². The van der Waals surface area contributed by atoms with Crippen molar-refractivity contribution in [3.8, 4) is 0 Å². The normalized spacial score (nSPS) is 13.3. The highest BCUT2D eigenvalue weighted by Gasteiger charge is 2.19. The van der Waals surface area contributed by atoms with Crippen LogP contribution in [0.2, 0.25) is 5.02 Å². The number of carbonyl (C=O) groups excluding carboxylic acids is 2. The molecule has 222 valence electrons. The molecule has 1 fully saturated rings. The smallest absolute Gasteiger partial charge is 0.261 e. The summed E-state index contributed by atoms with van der Waals surface area (Å²) in [6, 6.07) is 20.8. The lowest BCUT2D eigenvalue weighted by Gasteiger charge is -2.34.